The first-order valence-corrected chi connectivity index (χ1v) is 7.15. The van der Waals surface area contributed by atoms with Crippen LogP contribution in [0.5, 0.6) is 0 Å². The standard InChI is InChI=1S/C14H22N4O2/c1-4-6-18(11-7-15-8-11)14-16-9-12(10(3)17-14)13(19)20-5-2/h9,11,15H,4-8H2,1-3H3. The molecule has 20 heavy (non-hydrogen) atoms. The second-order valence-corrected chi connectivity index (χ2v) is 4.90. The third-order valence-corrected chi connectivity index (χ3v) is 3.38. The number of ether oxygens (including phenoxy) is 1. The Labute approximate surface area is 119 Å². The fourth-order valence-electron chi connectivity index (χ4n) is 2.18. The summed E-state index contributed by atoms with van der Waals surface area (Å²) in [5.74, 6) is 0.341. The highest BCUT2D eigenvalue weighted by Crippen LogP contribution is 2.17. The van der Waals surface area contributed by atoms with Gasteiger partial charge in [-0.25, -0.2) is 14.8 Å². The molecule has 0 bridgehead atoms. The van der Waals surface area contributed by atoms with Crippen LogP contribution in [0.4, 0.5) is 5.95 Å². The first-order valence-electron chi connectivity index (χ1n) is 7.15. The van der Waals surface area contributed by atoms with E-state index in [4.69, 9.17) is 4.74 Å². The molecule has 1 aliphatic rings. The van der Waals surface area contributed by atoms with Crippen molar-refractivity contribution in [3.05, 3.63) is 17.5 Å². The lowest BCUT2D eigenvalue weighted by molar-refractivity contribution is 0.0524. The summed E-state index contributed by atoms with van der Waals surface area (Å²) in [6.07, 6.45) is 2.61. The topological polar surface area (TPSA) is 67.4 Å². The van der Waals surface area contributed by atoms with Crippen LogP contribution in [0.15, 0.2) is 6.20 Å². The maximum Gasteiger partial charge on any atom is 0.341 e. The van der Waals surface area contributed by atoms with Crippen LogP contribution < -0.4 is 10.2 Å². The number of carbonyl (C=O) groups is 1. The number of nitrogens with one attached hydrogen (secondary N) is 1. The van der Waals surface area contributed by atoms with Crippen LogP contribution in [0.2, 0.25) is 0 Å². The molecule has 1 saturated heterocycles. The number of esters is 1. The molecule has 0 unspecified atom stereocenters. The zero-order valence-electron chi connectivity index (χ0n) is 12.3. The van der Waals surface area contributed by atoms with Crippen LogP contribution in [-0.2, 0) is 4.74 Å². The zero-order valence-corrected chi connectivity index (χ0v) is 12.3. The molecule has 0 aromatic carbocycles. The van der Waals surface area contributed by atoms with Crippen molar-refractivity contribution in [2.45, 2.75) is 33.2 Å². The van der Waals surface area contributed by atoms with E-state index in [-0.39, 0.29) is 5.97 Å². The molecule has 0 amide bonds. The number of rotatable bonds is 6. The van der Waals surface area contributed by atoms with Crippen LogP contribution in [0, 0.1) is 6.92 Å². The Hall–Kier alpha value is -1.69. The summed E-state index contributed by atoms with van der Waals surface area (Å²) >= 11 is 0. The molecule has 2 rings (SSSR count). The van der Waals surface area contributed by atoms with E-state index in [1.54, 1.807) is 13.1 Å². The summed E-state index contributed by atoms with van der Waals surface area (Å²) in [5, 5.41) is 3.26. The number of aromatic nitrogens is 2. The summed E-state index contributed by atoms with van der Waals surface area (Å²) in [5.41, 5.74) is 1.11. The van der Waals surface area contributed by atoms with E-state index >= 15 is 0 Å². The molecule has 1 aromatic rings. The minimum absolute atomic E-state index is 0.357. The average molecular weight is 278 g/mol. The molecule has 0 saturated carbocycles. The quantitative estimate of drug-likeness (QED) is 0.787. The maximum absolute atomic E-state index is 11.7. The fraction of sp³-hybridized carbons (Fsp3) is 0.643. The molecule has 1 N–H and O–H groups in total. The normalized spacial score (nSPS) is 14.8. The second-order valence-electron chi connectivity index (χ2n) is 4.90. The van der Waals surface area contributed by atoms with Crippen molar-refractivity contribution in [1.29, 1.82) is 0 Å². The van der Waals surface area contributed by atoms with Gasteiger partial charge in [0.05, 0.1) is 23.9 Å². The lowest BCUT2D eigenvalue weighted by atomic mass is 10.1. The van der Waals surface area contributed by atoms with Gasteiger partial charge in [-0.1, -0.05) is 6.92 Å². The van der Waals surface area contributed by atoms with E-state index in [1.807, 2.05) is 6.92 Å². The maximum atomic E-state index is 11.7. The van der Waals surface area contributed by atoms with Crippen LogP contribution in [0.3, 0.4) is 0 Å². The van der Waals surface area contributed by atoms with Crippen molar-refractivity contribution in [3.8, 4) is 0 Å². The Balaban J connectivity index is 2.19. The minimum Gasteiger partial charge on any atom is -0.462 e. The van der Waals surface area contributed by atoms with Gasteiger partial charge >= 0.3 is 5.97 Å². The summed E-state index contributed by atoms with van der Waals surface area (Å²) in [4.78, 5) is 22.8. The predicted molar refractivity (Wildman–Crippen MR) is 77.0 cm³/mol. The molecule has 6 nitrogen and oxygen atoms in total. The molecule has 0 aliphatic carbocycles. The van der Waals surface area contributed by atoms with Crippen molar-refractivity contribution >= 4 is 11.9 Å². The van der Waals surface area contributed by atoms with Gasteiger partial charge in [0.2, 0.25) is 5.95 Å². The second kappa shape index (κ2) is 6.65. The van der Waals surface area contributed by atoms with Gasteiger partial charge in [-0.15, -0.1) is 0 Å². The van der Waals surface area contributed by atoms with Gasteiger partial charge in [0.25, 0.3) is 0 Å². The van der Waals surface area contributed by atoms with Gasteiger partial charge in [-0.05, 0) is 20.3 Å². The van der Waals surface area contributed by atoms with Gasteiger partial charge in [0.1, 0.15) is 0 Å². The number of nitrogens with zero attached hydrogens (tertiary/aromatic N) is 3. The molecule has 2 heterocycles. The smallest absolute Gasteiger partial charge is 0.341 e. The number of hydrogen-bond acceptors (Lipinski definition) is 6. The molecule has 0 radical (unpaired) electrons. The predicted octanol–water partition coefficient (Wildman–Crippen LogP) is 1.15. The van der Waals surface area contributed by atoms with Gasteiger partial charge < -0.3 is 15.0 Å². The van der Waals surface area contributed by atoms with Crippen LogP contribution in [-0.4, -0.2) is 48.2 Å². The third kappa shape index (κ3) is 3.07. The SMILES string of the molecule is CCCN(c1ncc(C(=O)OCC)c(C)n1)C1CNC1. The van der Waals surface area contributed by atoms with E-state index in [2.05, 4.69) is 27.1 Å². The number of anilines is 1. The summed E-state index contributed by atoms with van der Waals surface area (Å²) in [7, 11) is 0. The van der Waals surface area contributed by atoms with Crippen LogP contribution in [0.1, 0.15) is 36.3 Å². The number of carbonyl (C=O) groups excluding carboxylic acids is 1. The van der Waals surface area contributed by atoms with Crippen molar-refractivity contribution in [3.63, 3.8) is 0 Å². The van der Waals surface area contributed by atoms with Crippen molar-refractivity contribution in [1.82, 2.24) is 15.3 Å². The Kier molecular flexibility index (Phi) is 4.89. The molecule has 6 heteroatoms. The first-order chi connectivity index (χ1) is 9.67. The Morgan fingerprint density at radius 1 is 1.50 bits per heavy atom. The number of aryl methyl sites for hydroxylation is 1. The van der Waals surface area contributed by atoms with Crippen molar-refractivity contribution in [2.75, 3.05) is 31.1 Å². The molecule has 1 aliphatic heterocycles. The summed E-state index contributed by atoms with van der Waals surface area (Å²) < 4.78 is 4.99. The van der Waals surface area contributed by atoms with Crippen molar-refractivity contribution < 1.29 is 9.53 Å². The van der Waals surface area contributed by atoms with E-state index in [0.717, 1.165) is 26.1 Å². The minimum atomic E-state index is -0.357. The molecule has 1 fully saturated rings. The Bertz CT molecular complexity index is 474. The lowest BCUT2D eigenvalue weighted by Gasteiger charge is -2.38. The van der Waals surface area contributed by atoms with E-state index in [9.17, 15) is 4.79 Å². The average Bonchev–Trinajstić information content (AvgIpc) is 2.36. The molecule has 0 atom stereocenters. The molecular formula is C14H22N4O2. The molecular weight excluding hydrogens is 256 g/mol. The summed E-state index contributed by atoms with van der Waals surface area (Å²) in [6.45, 7) is 8.94. The monoisotopic (exact) mass is 278 g/mol. The van der Waals surface area contributed by atoms with Crippen LogP contribution >= 0.6 is 0 Å². The molecule has 110 valence electrons. The van der Waals surface area contributed by atoms with E-state index < -0.39 is 0 Å². The van der Waals surface area contributed by atoms with Gasteiger partial charge in [0, 0.05) is 25.8 Å². The highest BCUT2D eigenvalue weighted by atomic mass is 16.5. The molecule has 0 spiro atoms. The van der Waals surface area contributed by atoms with E-state index in [0.29, 0.717) is 29.9 Å². The largest absolute Gasteiger partial charge is 0.462 e. The highest BCUT2D eigenvalue weighted by molar-refractivity contribution is 5.90. The molecule has 1 aromatic heterocycles. The summed E-state index contributed by atoms with van der Waals surface area (Å²) in [6, 6.07) is 0.447. The lowest BCUT2D eigenvalue weighted by Crippen LogP contribution is -2.58. The highest BCUT2D eigenvalue weighted by Gasteiger charge is 2.26. The van der Waals surface area contributed by atoms with Crippen LogP contribution in [0.25, 0.3) is 0 Å². The first kappa shape index (κ1) is 14.7. The fourth-order valence-corrected chi connectivity index (χ4v) is 2.18. The van der Waals surface area contributed by atoms with Gasteiger partial charge in [-0.2, -0.15) is 0 Å². The van der Waals surface area contributed by atoms with Gasteiger partial charge in [0.15, 0.2) is 0 Å². The third-order valence-electron chi connectivity index (χ3n) is 3.38. The zero-order chi connectivity index (χ0) is 14.5. The van der Waals surface area contributed by atoms with E-state index in [1.165, 1.54) is 0 Å². The number of hydrogen-bond donors (Lipinski definition) is 1. The Morgan fingerprint density at radius 3 is 2.75 bits per heavy atom. The Morgan fingerprint density at radius 2 is 2.25 bits per heavy atom. The van der Waals surface area contributed by atoms with Gasteiger partial charge in [-0.3, -0.25) is 0 Å². The van der Waals surface area contributed by atoms with Crippen molar-refractivity contribution in [2.24, 2.45) is 0 Å².